The second-order valence-electron chi connectivity index (χ2n) is 7.21. The van der Waals surface area contributed by atoms with Gasteiger partial charge in [0.2, 0.25) is 0 Å². The van der Waals surface area contributed by atoms with Crippen LogP contribution < -0.4 is 5.32 Å². The summed E-state index contributed by atoms with van der Waals surface area (Å²) in [5.74, 6) is 0.233. The number of benzene rings is 1. The molecule has 1 aliphatic rings. The third kappa shape index (κ3) is 6.21. The van der Waals surface area contributed by atoms with Crippen LogP contribution in [0, 0.1) is 5.41 Å². The third-order valence-corrected chi connectivity index (χ3v) is 7.98. The first kappa shape index (κ1) is 21.1. The molecule has 0 aliphatic carbocycles. The Hall–Kier alpha value is -1.18. The van der Waals surface area contributed by atoms with Crippen molar-refractivity contribution in [2.45, 2.75) is 37.5 Å². The molecule has 0 saturated carbocycles. The maximum absolute atomic E-state index is 12.4. The summed E-state index contributed by atoms with van der Waals surface area (Å²) < 4.78 is 47.6. The fraction of sp³-hybridized carbons (Fsp3) is 0.579. The summed E-state index contributed by atoms with van der Waals surface area (Å²) in [5, 5.41) is 3.34. The topological polar surface area (TPSA) is 80.3 Å². The fourth-order valence-electron chi connectivity index (χ4n) is 3.35. The maximum Gasteiger partial charge on any atom is 0.175 e. The molecule has 1 heterocycles. The van der Waals surface area contributed by atoms with E-state index in [9.17, 15) is 16.8 Å². The lowest BCUT2D eigenvalue weighted by molar-refractivity contribution is 0.186. The molecule has 1 fully saturated rings. The maximum atomic E-state index is 12.4. The van der Waals surface area contributed by atoms with E-state index in [1.807, 2.05) is 0 Å². The van der Waals surface area contributed by atoms with Gasteiger partial charge in [0.25, 0.3) is 0 Å². The second-order valence-corrected chi connectivity index (χ2v) is 11.5. The van der Waals surface area contributed by atoms with Gasteiger partial charge < -0.3 is 5.32 Å². The molecule has 0 atom stereocenters. The normalized spacial score (nSPS) is 18.2. The summed E-state index contributed by atoms with van der Waals surface area (Å²) >= 11 is 0. The molecule has 0 bridgehead atoms. The van der Waals surface area contributed by atoms with Crippen LogP contribution in [0.25, 0.3) is 6.08 Å². The van der Waals surface area contributed by atoms with Crippen molar-refractivity contribution in [3.63, 3.8) is 0 Å². The summed E-state index contributed by atoms with van der Waals surface area (Å²) in [6.07, 6.45) is 8.37. The molecule has 1 aromatic carbocycles. The molecule has 2 rings (SSSR count). The van der Waals surface area contributed by atoms with Crippen LogP contribution in [0.2, 0.25) is 0 Å². The van der Waals surface area contributed by atoms with Gasteiger partial charge in [0, 0.05) is 6.26 Å². The van der Waals surface area contributed by atoms with Crippen LogP contribution in [-0.2, 0) is 19.7 Å². The lowest BCUT2D eigenvalue weighted by Crippen LogP contribution is -2.37. The van der Waals surface area contributed by atoms with E-state index < -0.39 is 19.7 Å². The van der Waals surface area contributed by atoms with E-state index in [1.165, 1.54) is 12.1 Å². The lowest BCUT2D eigenvalue weighted by atomic mass is 9.75. The van der Waals surface area contributed by atoms with Gasteiger partial charge in [-0.05, 0) is 55.5 Å². The highest BCUT2D eigenvalue weighted by Crippen LogP contribution is 2.36. The van der Waals surface area contributed by atoms with Gasteiger partial charge in [-0.1, -0.05) is 37.6 Å². The zero-order chi connectivity index (χ0) is 19.3. The first-order valence-corrected chi connectivity index (χ1v) is 12.7. The zero-order valence-corrected chi connectivity index (χ0v) is 17.2. The van der Waals surface area contributed by atoms with Gasteiger partial charge in [0.15, 0.2) is 19.7 Å². The van der Waals surface area contributed by atoms with Crippen molar-refractivity contribution in [3.05, 3.63) is 35.9 Å². The van der Waals surface area contributed by atoms with Crippen LogP contribution in [0.3, 0.4) is 0 Å². The molecule has 0 amide bonds. The van der Waals surface area contributed by atoms with Crippen LogP contribution in [-0.4, -0.2) is 47.7 Å². The van der Waals surface area contributed by atoms with Gasteiger partial charge in [-0.25, -0.2) is 16.8 Å². The molecular weight excluding hydrogens is 370 g/mol. The Kier molecular flexibility index (Phi) is 7.05. The molecule has 0 spiro atoms. The first-order valence-electron chi connectivity index (χ1n) is 9.04. The molecule has 26 heavy (non-hydrogen) atoms. The predicted molar refractivity (Wildman–Crippen MR) is 107 cm³/mol. The minimum atomic E-state index is -3.21. The minimum absolute atomic E-state index is 0.0128. The quantitative estimate of drug-likeness (QED) is 0.727. The molecule has 0 aromatic heterocycles. The van der Waals surface area contributed by atoms with Crippen molar-refractivity contribution in [1.82, 2.24) is 5.32 Å². The van der Waals surface area contributed by atoms with Crippen LogP contribution in [0.5, 0.6) is 0 Å². The summed E-state index contributed by atoms with van der Waals surface area (Å²) in [6, 6.07) is 6.43. The zero-order valence-electron chi connectivity index (χ0n) is 15.6. The SMILES string of the molecule is CCC1(CCS(=O)(=O)CC=Cc2ccc(S(C)(=O)=O)cc2)CCNCC1. The molecule has 0 radical (unpaired) electrons. The standard InChI is InChI=1S/C19H29NO4S2/c1-3-19(10-13-20-14-11-19)12-16-26(23,24)15-4-5-17-6-8-18(9-7-17)25(2,21)22/h4-9,20H,3,10-16H2,1-2H3. The van der Waals surface area contributed by atoms with E-state index in [0.717, 1.165) is 50.6 Å². The van der Waals surface area contributed by atoms with E-state index in [1.54, 1.807) is 24.3 Å². The van der Waals surface area contributed by atoms with Crippen molar-refractivity contribution in [1.29, 1.82) is 0 Å². The second kappa shape index (κ2) is 8.67. The Balaban J connectivity index is 1.91. The molecule has 1 aliphatic heterocycles. The highest BCUT2D eigenvalue weighted by molar-refractivity contribution is 7.91. The molecule has 5 nitrogen and oxygen atoms in total. The smallest absolute Gasteiger partial charge is 0.175 e. The predicted octanol–water partition coefficient (Wildman–Crippen LogP) is 2.69. The van der Waals surface area contributed by atoms with Crippen molar-refractivity contribution in [2.75, 3.05) is 30.9 Å². The average molecular weight is 400 g/mol. The van der Waals surface area contributed by atoms with Crippen molar-refractivity contribution in [2.24, 2.45) is 5.41 Å². The Bertz CT molecular complexity index is 819. The van der Waals surface area contributed by atoms with Gasteiger partial charge in [0.1, 0.15) is 0 Å². The number of nitrogens with one attached hydrogen (secondary N) is 1. The molecule has 1 aromatic rings. The molecule has 0 unspecified atom stereocenters. The number of sulfone groups is 2. The van der Waals surface area contributed by atoms with E-state index in [0.29, 0.717) is 0 Å². The Labute approximate surface area is 157 Å². The van der Waals surface area contributed by atoms with Crippen LogP contribution in [0.1, 0.15) is 38.2 Å². The van der Waals surface area contributed by atoms with Gasteiger partial charge in [-0.3, -0.25) is 0 Å². The Morgan fingerprint density at radius 1 is 1.08 bits per heavy atom. The first-order chi connectivity index (χ1) is 12.2. The number of piperidine rings is 1. The Morgan fingerprint density at radius 3 is 2.23 bits per heavy atom. The molecule has 1 saturated heterocycles. The van der Waals surface area contributed by atoms with E-state index in [4.69, 9.17) is 0 Å². The Morgan fingerprint density at radius 2 is 1.69 bits per heavy atom. The van der Waals surface area contributed by atoms with Gasteiger partial charge in [0.05, 0.1) is 16.4 Å². The summed E-state index contributed by atoms with van der Waals surface area (Å²) in [7, 11) is -6.35. The monoisotopic (exact) mass is 399 g/mol. The van der Waals surface area contributed by atoms with Crippen LogP contribution in [0.15, 0.2) is 35.2 Å². The summed E-state index contributed by atoms with van der Waals surface area (Å²) in [6.45, 7) is 4.09. The van der Waals surface area contributed by atoms with Gasteiger partial charge in [-0.15, -0.1) is 0 Å². The van der Waals surface area contributed by atoms with Crippen molar-refractivity contribution in [3.8, 4) is 0 Å². The molecular formula is C19H29NO4S2. The highest BCUT2D eigenvalue weighted by Gasteiger charge is 2.31. The average Bonchev–Trinajstić information content (AvgIpc) is 2.60. The van der Waals surface area contributed by atoms with Crippen molar-refractivity contribution < 1.29 is 16.8 Å². The largest absolute Gasteiger partial charge is 0.317 e. The molecule has 7 heteroatoms. The van der Waals surface area contributed by atoms with Crippen molar-refractivity contribution >= 4 is 25.8 Å². The number of hydrogen-bond donors (Lipinski definition) is 1. The summed E-state index contributed by atoms with van der Waals surface area (Å²) in [5.41, 5.74) is 0.944. The number of rotatable bonds is 8. The van der Waals surface area contributed by atoms with Gasteiger partial charge in [-0.2, -0.15) is 0 Å². The lowest BCUT2D eigenvalue weighted by Gasteiger charge is -2.36. The van der Waals surface area contributed by atoms with E-state index in [2.05, 4.69) is 12.2 Å². The number of hydrogen-bond acceptors (Lipinski definition) is 5. The molecule has 1 N–H and O–H groups in total. The van der Waals surface area contributed by atoms with Crippen LogP contribution in [0.4, 0.5) is 0 Å². The van der Waals surface area contributed by atoms with Crippen LogP contribution >= 0.6 is 0 Å². The van der Waals surface area contributed by atoms with E-state index >= 15 is 0 Å². The highest BCUT2D eigenvalue weighted by atomic mass is 32.2. The minimum Gasteiger partial charge on any atom is -0.317 e. The van der Waals surface area contributed by atoms with Gasteiger partial charge >= 0.3 is 0 Å². The molecule has 146 valence electrons. The fourth-order valence-corrected chi connectivity index (χ4v) is 5.28. The summed E-state index contributed by atoms with van der Waals surface area (Å²) in [4.78, 5) is 0.258. The van der Waals surface area contributed by atoms with E-state index in [-0.39, 0.29) is 21.8 Å². The third-order valence-electron chi connectivity index (χ3n) is 5.33.